The first-order valence-electron chi connectivity index (χ1n) is 11.9. The molecule has 172 valence electrons. The number of nitrogens with zero attached hydrogens (tertiary/aromatic N) is 2. The van der Waals surface area contributed by atoms with Gasteiger partial charge in [-0.3, -0.25) is 4.90 Å². The summed E-state index contributed by atoms with van der Waals surface area (Å²) in [5, 5.41) is 12.4. The van der Waals surface area contributed by atoms with Crippen molar-refractivity contribution in [3.05, 3.63) is 59.3 Å². The lowest BCUT2D eigenvalue weighted by Gasteiger charge is -2.43. The monoisotopic (exact) mass is 446 g/mol. The Morgan fingerprint density at radius 3 is 2.55 bits per heavy atom. The summed E-state index contributed by atoms with van der Waals surface area (Å²) in [6, 6.07) is 8.12. The van der Waals surface area contributed by atoms with Gasteiger partial charge in [-0.05, 0) is 49.5 Å². The standard InChI is InChI=1S/C26H39ClN2O2/c1-3-9-22(21-31-4-2)19-28-14-16-29(17-15-28)20-25(23-10-8-11-24(27)18-23)26(30)12-6-5-7-13-26/h3,8,10-11,18,21,25,30H,1,4-7,9,12-17,19-20H2,2H3/b22-21+. The molecule has 3 rings (SSSR count). The van der Waals surface area contributed by atoms with E-state index in [9.17, 15) is 5.11 Å². The summed E-state index contributed by atoms with van der Waals surface area (Å²) in [5.74, 6) is 0.104. The summed E-state index contributed by atoms with van der Waals surface area (Å²) in [5.41, 5.74) is 1.82. The summed E-state index contributed by atoms with van der Waals surface area (Å²) in [7, 11) is 0. The van der Waals surface area contributed by atoms with Crippen molar-refractivity contribution in [3.8, 4) is 0 Å². The average molecular weight is 447 g/mol. The third-order valence-electron chi connectivity index (χ3n) is 6.77. The number of rotatable bonds is 10. The van der Waals surface area contributed by atoms with Crippen molar-refractivity contribution >= 4 is 11.6 Å². The SMILES string of the molecule is C=CC/C(=C\OCC)CN1CCN(CC(c2cccc(Cl)c2)C2(O)CCCCC2)CC1. The highest BCUT2D eigenvalue weighted by Gasteiger charge is 2.40. The number of hydrogen-bond acceptors (Lipinski definition) is 4. The number of hydrogen-bond donors (Lipinski definition) is 1. The van der Waals surface area contributed by atoms with Crippen molar-refractivity contribution < 1.29 is 9.84 Å². The molecule has 0 spiro atoms. The van der Waals surface area contributed by atoms with E-state index in [1.165, 1.54) is 17.6 Å². The molecule has 1 aromatic rings. The van der Waals surface area contributed by atoms with Gasteiger partial charge in [-0.1, -0.05) is 49.1 Å². The van der Waals surface area contributed by atoms with Crippen molar-refractivity contribution in [2.75, 3.05) is 45.9 Å². The van der Waals surface area contributed by atoms with Crippen molar-refractivity contribution in [1.82, 2.24) is 9.80 Å². The van der Waals surface area contributed by atoms with Crippen LogP contribution in [0.4, 0.5) is 0 Å². The van der Waals surface area contributed by atoms with Crippen LogP contribution in [0.1, 0.15) is 56.9 Å². The second-order valence-corrected chi connectivity index (χ2v) is 9.51. The second-order valence-electron chi connectivity index (χ2n) is 9.07. The summed E-state index contributed by atoms with van der Waals surface area (Å²) >= 11 is 6.32. The maximum absolute atomic E-state index is 11.6. The lowest BCUT2D eigenvalue weighted by atomic mass is 9.72. The molecule has 1 saturated carbocycles. The van der Waals surface area contributed by atoms with Crippen LogP contribution in [0.2, 0.25) is 5.02 Å². The zero-order chi connectivity index (χ0) is 22.1. The molecule has 1 unspecified atom stereocenters. The van der Waals surface area contributed by atoms with E-state index in [-0.39, 0.29) is 5.92 Å². The molecule has 31 heavy (non-hydrogen) atoms. The molecule has 1 aliphatic carbocycles. The smallest absolute Gasteiger partial charge is 0.0845 e. The van der Waals surface area contributed by atoms with Gasteiger partial charge >= 0.3 is 0 Å². The molecule has 1 aromatic carbocycles. The van der Waals surface area contributed by atoms with E-state index in [0.717, 1.165) is 76.4 Å². The Balaban J connectivity index is 1.63. The van der Waals surface area contributed by atoms with E-state index in [1.807, 2.05) is 31.4 Å². The van der Waals surface area contributed by atoms with Crippen molar-refractivity contribution in [2.24, 2.45) is 0 Å². The normalized spacial score (nSPS) is 21.6. The van der Waals surface area contributed by atoms with E-state index < -0.39 is 5.60 Å². The number of ether oxygens (including phenoxy) is 1. The molecule has 1 saturated heterocycles. The molecule has 2 aliphatic rings. The molecule has 1 heterocycles. The Labute approximate surface area is 193 Å². The predicted octanol–water partition coefficient (Wildman–Crippen LogP) is 5.23. The van der Waals surface area contributed by atoms with Gasteiger partial charge in [0.15, 0.2) is 0 Å². The molecule has 1 aliphatic heterocycles. The molecule has 0 bridgehead atoms. The fourth-order valence-electron chi connectivity index (χ4n) is 5.03. The fraction of sp³-hybridized carbons (Fsp3) is 0.615. The van der Waals surface area contributed by atoms with Gasteiger partial charge in [0, 0.05) is 50.2 Å². The third-order valence-corrected chi connectivity index (χ3v) is 7.01. The maximum atomic E-state index is 11.6. The highest BCUT2D eigenvalue weighted by molar-refractivity contribution is 6.30. The van der Waals surface area contributed by atoms with Gasteiger partial charge in [0.05, 0.1) is 18.5 Å². The first kappa shape index (κ1) is 24.3. The molecule has 5 heteroatoms. The third kappa shape index (κ3) is 7.08. The maximum Gasteiger partial charge on any atom is 0.0845 e. The van der Waals surface area contributed by atoms with Gasteiger partial charge < -0.3 is 14.7 Å². The minimum absolute atomic E-state index is 0.104. The molecule has 1 N–H and O–H groups in total. The van der Waals surface area contributed by atoms with Gasteiger partial charge in [0.1, 0.15) is 0 Å². The largest absolute Gasteiger partial charge is 0.501 e. The Hall–Kier alpha value is -1.33. The van der Waals surface area contributed by atoms with Gasteiger partial charge in [-0.15, -0.1) is 6.58 Å². The van der Waals surface area contributed by atoms with Crippen LogP contribution in [0.25, 0.3) is 0 Å². The predicted molar refractivity (Wildman–Crippen MR) is 130 cm³/mol. The van der Waals surface area contributed by atoms with Crippen LogP contribution in [-0.2, 0) is 4.74 Å². The average Bonchev–Trinajstić information content (AvgIpc) is 2.77. The van der Waals surface area contributed by atoms with Crippen molar-refractivity contribution in [1.29, 1.82) is 0 Å². The minimum atomic E-state index is -0.628. The van der Waals surface area contributed by atoms with E-state index in [0.29, 0.717) is 6.61 Å². The first-order valence-corrected chi connectivity index (χ1v) is 12.2. The molecule has 1 atom stereocenters. The van der Waals surface area contributed by atoms with Crippen molar-refractivity contribution in [3.63, 3.8) is 0 Å². The number of allylic oxidation sites excluding steroid dienone is 1. The van der Waals surface area contributed by atoms with Crippen LogP contribution in [0.3, 0.4) is 0 Å². The number of aliphatic hydroxyl groups is 1. The topological polar surface area (TPSA) is 35.9 Å². The Morgan fingerprint density at radius 1 is 1.19 bits per heavy atom. The zero-order valence-electron chi connectivity index (χ0n) is 19.1. The van der Waals surface area contributed by atoms with Gasteiger partial charge in [-0.2, -0.15) is 0 Å². The van der Waals surface area contributed by atoms with Crippen LogP contribution in [0.15, 0.2) is 48.8 Å². The lowest BCUT2D eigenvalue weighted by molar-refractivity contribution is -0.0340. The molecule has 2 fully saturated rings. The van der Waals surface area contributed by atoms with Crippen LogP contribution < -0.4 is 0 Å². The van der Waals surface area contributed by atoms with E-state index >= 15 is 0 Å². The molecule has 0 aromatic heterocycles. The second kappa shape index (κ2) is 12.1. The molecular weight excluding hydrogens is 408 g/mol. The highest BCUT2D eigenvalue weighted by atomic mass is 35.5. The van der Waals surface area contributed by atoms with Crippen LogP contribution in [-0.4, -0.2) is 66.4 Å². The van der Waals surface area contributed by atoms with Crippen LogP contribution in [0.5, 0.6) is 0 Å². The molecule has 0 radical (unpaired) electrons. The molecular formula is C26H39ClN2O2. The Kier molecular flexibility index (Phi) is 9.46. The molecule has 4 nitrogen and oxygen atoms in total. The number of benzene rings is 1. The highest BCUT2D eigenvalue weighted by Crippen LogP contribution is 2.41. The zero-order valence-corrected chi connectivity index (χ0v) is 19.8. The van der Waals surface area contributed by atoms with Crippen LogP contribution >= 0.6 is 11.6 Å². The minimum Gasteiger partial charge on any atom is -0.501 e. The Morgan fingerprint density at radius 2 is 1.90 bits per heavy atom. The number of piperazine rings is 1. The van der Waals surface area contributed by atoms with Gasteiger partial charge in [0.2, 0.25) is 0 Å². The van der Waals surface area contributed by atoms with Crippen molar-refractivity contribution in [2.45, 2.75) is 57.0 Å². The molecule has 0 amide bonds. The van der Waals surface area contributed by atoms with Crippen LogP contribution in [0, 0.1) is 0 Å². The summed E-state index contributed by atoms with van der Waals surface area (Å²) in [4.78, 5) is 5.02. The first-order chi connectivity index (χ1) is 15.0. The van der Waals surface area contributed by atoms with E-state index in [4.69, 9.17) is 16.3 Å². The van der Waals surface area contributed by atoms with Gasteiger partial charge in [-0.25, -0.2) is 0 Å². The van der Waals surface area contributed by atoms with Gasteiger partial charge in [0.25, 0.3) is 0 Å². The quantitative estimate of drug-likeness (QED) is 0.394. The fourth-order valence-corrected chi connectivity index (χ4v) is 5.23. The van der Waals surface area contributed by atoms with E-state index in [1.54, 1.807) is 0 Å². The summed E-state index contributed by atoms with van der Waals surface area (Å²) in [6.45, 7) is 12.5. The Bertz CT molecular complexity index is 722. The lowest BCUT2D eigenvalue weighted by Crippen LogP contribution is -2.51. The summed E-state index contributed by atoms with van der Waals surface area (Å²) < 4.78 is 5.51. The van der Waals surface area contributed by atoms with E-state index in [2.05, 4.69) is 28.5 Å². The summed E-state index contributed by atoms with van der Waals surface area (Å²) in [6.07, 6.45) is 9.94. The number of halogens is 1.